The lowest BCUT2D eigenvalue weighted by Gasteiger charge is -2.32. The summed E-state index contributed by atoms with van der Waals surface area (Å²) in [5.41, 5.74) is 3.59. The molecule has 122 valence electrons. The molecular weight excluding hydrogens is 292 g/mol. The molecule has 0 radical (unpaired) electrons. The van der Waals surface area contributed by atoms with E-state index in [-0.39, 0.29) is 11.9 Å². The van der Waals surface area contributed by atoms with Crippen LogP contribution in [0.15, 0.2) is 4.99 Å². The fourth-order valence-electron chi connectivity index (χ4n) is 5.59. The minimum Gasteiger partial charge on any atom is -0.386 e. The van der Waals surface area contributed by atoms with Gasteiger partial charge in [-0.05, 0) is 19.8 Å². The largest absolute Gasteiger partial charge is 0.386 e. The van der Waals surface area contributed by atoms with E-state index in [1.165, 1.54) is 6.42 Å². The number of rotatable bonds is 0. The van der Waals surface area contributed by atoms with Crippen molar-refractivity contribution in [1.82, 2.24) is 0 Å². The van der Waals surface area contributed by atoms with Gasteiger partial charge in [-0.3, -0.25) is 0 Å². The minimum atomic E-state index is -1.39. The SMILES string of the molecule is C[C@H]1CO[C@@]2(N=C(N)[C@@]3(C#N)C4(CCCCCCC4)[C@@]23C#N)O1. The van der Waals surface area contributed by atoms with Gasteiger partial charge in [0.2, 0.25) is 0 Å². The van der Waals surface area contributed by atoms with Crippen LogP contribution in [-0.2, 0) is 9.47 Å². The smallest absolute Gasteiger partial charge is 0.293 e. The molecule has 2 heterocycles. The summed E-state index contributed by atoms with van der Waals surface area (Å²) in [5.74, 6) is -1.16. The van der Waals surface area contributed by atoms with Gasteiger partial charge in [-0.2, -0.15) is 10.5 Å². The Bertz CT molecular complexity index is 654. The van der Waals surface area contributed by atoms with E-state index in [0.29, 0.717) is 6.61 Å². The Morgan fingerprint density at radius 3 is 2.30 bits per heavy atom. The zero-order valence-corrected chi connectivity index (χ0v) is 13.5. The van der Waals surface area contributed by atoms with Gasteiger partial charge < -0.3 is 15.2 Å². The van der Waals surface area contributed by atoms with Crippen molar-refractivity contribution in [2.24, 2.45) is 27.0 Å². The fourth-order valence-corrected chi connectivity index (χ4v) is 5.59. The minimum absolute atomic E-state index is 0.155. The van der Waals surface area contributed by atoms with Crippen LogP contribution >= 0.6 is 0 Å². The molecular formula is C17H22N4O2. The lowest BCUT2D eigenvalue weighted by Crippen LogP contribution is -2.42. The molecule has 2 spiro atoms. The lowest BCUT2D eigenvalue weighted by molar-refractivity contribution is -0.201. The van der Waals surface area contributed by atoms with Crippen molar-refractivity contribution in [2.75, 3.05) is 6.61 Å². The molecule has 6 nitrogen and oxygen atoms in total. The molecule has 0 aromatic rings. The number of amidine groups is 1. The van der Waals surface area contributed by atoms with Crippen molar-refractivity contribution in [3.8, 4) is 12.1 Å². The van der Waals surface area contributed by atoms with Crippen molar-refractivity contribution >= 4 is 5.84 Å². The Kier molecular flexibility index (Phi) is 2.90. The molecule has 0 amide bonds. The van der Waals surface area contributed by atoms with Gasteiger partial charge in [0.15, 0.2) is 5.41 Å². The Morgan fingerprint density at radius 2 is 1.78 bits per heavy atom. The maximum atomic E-state index is 10.2. The number of nitrogens with two attached hydrogens (primary N) is 1. The molecule has 4 aliphatic rings. The molecule has 0 bridgehead atoms. The van der Waals surface area contributed by atoms with Gasteiger partial charge in [-0.25, -0.2) is 4.99 Å². The standard InChI is InChI=1S/C17H22N4O2/c1-12-9-22-17(23-12)16(11-19)14(7-5-3-2-4-6-8-14)15(16,10-18)13(20)21-17/h12H,2-9H2,1H3,(H2,20,21)/t12-,15-,16+,17+/m0/s1. The molecule has 2 aliphatic heterocycles. The van der Waals surface area contributed by atoms with Gasteiger partial charge in [-0.15, -0.1) is 0 Å². The predicted octanol–water partition coefficient (Wildman–Crippen LogP) is 2.21. The van der Waals surface area contributed by atoms with Gasteiger partial charge in [0.05, 0.1) is 24.8 Å². The zero-order valence-electron chi connectivity index (χ0n) is 13.5. The van der Waals surface area contributed by atoms with Gasteiger partial charge in [-0.1, -0.05) is 32.1 Å². The first kappa shape index (κ1) is 14.9. The number of nitriles is 2. The highest BCUT2D eigenvalue weighted by molar-refractivity contribution is 6.00. The van der Waals surface area contributed by atoms with Crippen LogP contribution < -0.4 is 5.73 Å². The number of fused-ring (bicyclic) bond motifs is 4. The summed E-state index contributed by atoms with van der Waals surface area (Å²) in [6.07, 6.45) is 6.96. The number of ether oxygens (including phenoxy) is 2. The number of nitrogens with zero attached hydrogens (tertiary/aromatic N) is 3. The van der Waals surface area contributed by atoms with E-state index < -0.39 is 22.2 Å². The second kappa shape index (κ2) is 4.47. The van der Waals surface area contributed by atoms with Crippen LogP contribution in [0.1, 0.15) is 51.9 Å². The molecule has 4 rings (SSSR count). The van der Waals surface area contributed by atoms with Crippen molar-refractivity contribution in [3.05, 3.63) is 0 Å². The number of aliphatic imine (C=N–C) groups is 1. The zero-order chi connectivity index (χ0) is 16.3. The van der Waals surface area contributed by atoms with Crippen LogP contribution in [0.4, 0.5) is 0 Å². The first-order chi connectivity index (χ1) is 11.1. The van der Waals surface area contributed by atoms with Crippen molar-refractivity contribution < 1.29 is 9.47 Å². The summed E-state index contributed by atoms with van der Waals surface area (Å²) >= 11 is 0. The highest BCUT2D eigenvalue weighted by Gasteiger charge is 3.00. The summed E-state index contributed by atoms with van der Waals surface area (Å²) in [6, 6.07) is 4.82. The van der Waals surface area contributed by atoms with E-state index in [4.69, 9.17) is 15.2 Å². The Hall–Kier alpha value is -1.63. The molecule has 0 aromatic carbocycles. The van der Waals surface area contributed by atoms with Crippen LogP contribution in [-0.4, -0.2) is 24.5 Å². The molecule has 6 heteroatoms. The quantitative estimate of drug-likeness (QED) is 0.738. The molecule has 0 unspecified atom stereocenters. The third-order valence-corrected chi connectivity index (χ3v) is 6.48. The first-order valence-electron chi connectivity index (χ1n) is 8.56. The van der Waals surface area contributed by atoms with Crippen LogP contribution in [0.25, 0.3) is 0 Å². The normalized spacial score (nSPS) is 47.3. The Labute approximate surface area is 136 Å². The summed E-state index contributed by atoms with van der Waals surface area (Å²) in [6.45, 7) is 2.27. The van der Waals surface area contributed by atoms with Crippen molar-refractivity contribution in [3.63, 3.8) is 0 Å². The third kappa shape index (κ3) is 1.31. The second-order valence-corrected chi connectivity index (χ2v) is 7.39. The molecule has 3 fully saturated rings. The van der Waals surface area contributed by atoms with E-state index in [9.17, 15) is 10.5 Å². The van der Waals surface area contributed by atoms with Crippen LogP contribution in [0.5, 0.6) is 0 Å². The molecule has 2 N–H and O–H groups in total. The molecule has 0 aromatic heterocycles. The Balaban J connectivity index is 1.88. The first-order valence-corrected chi connectivity index (χ1v) is 8.56. The molecule has 2 aliphatic carbocycles. The topological polar surface area (TPSA) is 104 Å². The number of hydrogen-bond donors (Lipinski definition) is 1. The van der Waals surface area contributed by atoms with E-state index >= 15 is 0 Å². The van der Waals surface area contributed by atoms with Crippen LogP contribution in [0.3, 0.4) is 0 Å². The summed E-state index contributed by atoms with van der Waals surface area (Å²) in [5, 5.41) is 20.2. The predicted molar refractivity (Wildman–Crippen MR) is 81.7 cm³/mol. The van der Waals surface area contributed by atoms with Gasteiger partial charge in [0.1, 0.15) is 11.3 Å². The molecule has 2 saturated carbocycles. The highest BCUT2D eigenvalue weighted by Crippen LogP contribution is 2.88. The highest BCUT2D eigenvalue weighted by atomic mass is 16.8. The monoisotopic (exact) mass is 314 g/mol. The average molecular weight is 314 g/mol. The van der Waals surface area contributed by atoms with Crippen LogP contribution in [0.2, 0.25) is 0 Å². The molecule has 1 saturated heterocycles. The lowest BCUT2D eigenvalue weighted by atomic mass is 9.78. The maximum Gasteiger partial charge on any atom is 0.293 e. The molecule has 23 heavy (non-hydrogen) atoms. The van der Waals surface area contributed by atoms with E-state index in [1.807, 2.05) is 6.92 Å². The number of hydrogen-bond acceptors (Lipinski definition) is 6. The van der Waals surface area contributed by atoms with Gasteiger partial charge in [0.25, 0.3) is 5.91 Å². The summed E-state index contributed by atoms with van der Waals surface area (Å²) in [7, 11) is 0. The summed E-state index contributed by atoms with van der Waals surface area (Å²) < 4.78 is 11.9. The van der Waals surface area contributed by atoms with Crippen molar-refractivity contribution in [2.45, 2.75) is 63.9 Å². The van der Waals surface area contributed by atoms with E-state index in [0.717, 1.165) is 38.5 Å². The van der Waals surface area contributed by atoms with Gasteiger partial charge in [0, 0.05) is 5.41 Å². The molecule has 4 atom stereocenters. The third-order valence-electron chi connectivity index (χ3n) is 6.48. The van der Waals surface area contributed by atoms with Crippen molar-refractivity contribution in [1.29, 1.82) is 10.5 Å². The van der Waals surface area contributed by atoms with Crippen LogP contribution in [0, 0.1) is 38.9 Å². The summed E-state index contributed by atoms with van der Waals surface area (Å²) in [4.78, 5) is 4.40. The van der Waals surface area contributed by atoms with E-state index in [1.54, 1.807) is 0 Å². The van der Waals surface area contributed by atoms with E-state index in [2.05, 4.69) is 17.1 Å². The maximum absolute atomic E-state index is 10.2. The Morgan fingerprint density at radius 1 is 1.13 bits per heavy atom. The fraction of sp³-hybridized carbons (Fsp3) is 0.824. The average Bonchev–Trinajstić information content (AvgIpc) is 2.69. The second-order valence-electron chi connectivity index (χ2n) is 7.39. The van der Waals surface area contributed by atoms with Gasteiger partial charge >= 0.3 is 0 Å².